The minimum absolute atomic E-state index is 0.0389. The van der Waals surface area contributed by atoms with E-state index < -0.39 is 60.8 Å². The first kappa shape index (κ1) is 25.7. The summed E-state index contributed by atoms with van der Waals surface area (Å²) in [6, 6.07) is -3.22. The maximum Gasteiger partial charge on any atom is 0.326 e. The second-order valence-electron chi connectivity index (χ2n) is 6.26. The zero-order valence-electron chi connectivity index (χ0n) is 15.8. The fraction of sp³-hybridized carbons (Fsp3) is 0.688. The van der Waals surface area contributed by atoms with Crippen LogP contribution in [0.1, 0.15) is 33.1 Å². The van der Waals surface area contributed by atoms with Crippen molar-refractivity contribution in [3.63, 3.8) is 0 Å². The van der Waals surface area contributed by atoms with Crippen molar-refractivity contribution in [2.75, 3.05) is 12.3 Å². The number of carboxylic acid groups (broad SMARTS) is 2. The summed E-state index contributed by atoms with van der Waals surface area (Å²) in [6.07, 6.45) is -0.0555. The van der Waals surface area contributed by atoms with Crippen LogP contribution in [0.15, 0.2) is 0 Å². The maximum atomic E-state index is 12.1. The van der Waals surface area contributed by atoms with E-state index in [-0.39, 0.29) is 18.1 Å². The zero-order chi connectivity index (χ0) is 21.9. The van der Waals surface area contributed by atoms with E-state index in [0.717, 1.165) is 0 Å². The molecule has 0 radical (unpaired) electrons. The van der Waals surface area contributed by atoms with Crippen LogP contribution < -0.4 is 21.7 Å². The monoisotopic (exact) mass is 420 g/mol. The molecule has 4 unspecified atom stereocenters. The van der Waals surface area contributed by atoms with Crippen LogP contribution in [0.2, 0.25) is 0 Å². The van der Waals surface area contributed by atoms with Gasteiger partial charge in [-0.3, -0.25) is 19.2 Å². The average Bonchev–Trinajstić information content (AvgIpc) is 2.65. The number of nitrogens with one attached hydrogen (secondary N) is 3. The molecule has 0 aromatic carbocycles. The molecule has 0 heterocycles. The summed E-state index contributed by atoms with van der Waals surface area (Å²) in [5.74, 6) is -4.74. The lowest BCUT2D eigenvalue weighted by molar-refractivity contribution is -0.143. The van der Waals surface area contributed by atoms with Gasteiger partial charge in [0, 0.05) is 12.2 Å². The number of aliphatic carboxylic acids is 2. The van der Waals surface area contributed by atoms with Crippen molar-refractivity contribution in [3.05, 3.63) is 0 Å². The number of thiol groups is 1. The largest absolute Gasteiger partial charge is 0.481 e. The van der Waals surface area contributed by atoms with Gasteiger partial charge in [0.25, 0.3) is 0 Å². The Morgan fingerprint density at radius 3 is 2.11 bits per heavy atom. The number of hydrogen-bond acceptors (Lipinski definition) is 7. The molecule has 12 heteroatoms. The number of nitrogens with two attached hydrogens (primary N) is 1. The smallest absolute Gasteiger partial charge is 0.326 e. The van der Waals surface area contributed by atoms with E-state index in [1.807, 2.05) is 6.92 Å². The molecule has 0 aliphatic rings. The molecular weight excluding hydrogens is 392 g/mol. The quantitative estimate of drug-likeness (QED) is 0.172. The van der Waals surface area contributed by atoms with Gasteiger partial charge < -0.3 is 31.9 Å². The van der Waals surface area contributed by atoms with E-state index >= 15 is 0 Å². The van der Waals surface area contributed by atoms with Gasteiger partial charge in [-0.15, -0.1) is 0 Å². The first-order valence-electron chi connectivity index (χ1n) is 8.71. The van der Waals surface area contributed by atoms with Crippen LogP contribution >= 0.6 is 12.6 Å². The highest BCUT2D eigenvalue weighted by atomic mass is 32.1. The molecule has 0 aromatic heterocycles. The predicted octanol–water partition coefficient (Wildman–Crippen LogP) is -1.68. The maximum absolute atomic E-state index is 12.1. The summed E-state index contributed by atoms with van der Waals surface area (Å²) in [4.78, 5) is 57.6. The van der Waals surface area contributed by atoms with Gasteiger partial charge in [0.2, 0.25) is 17.7 Å². The number of carboxylic acids is 2. The summed E-state index contributed by atoms with van der Waals surface area (Å²) in [5, 5.41) is 24.4. The fourth-order valence-corrected chi connectivity index (χ4v) is 2.29. The van der Waals surface area contributed by atoms with Crippen LogP contribution in [0.3, 0.4) is 0 Å². The second-order valence-corrected chi connectivity index (χ2v) is 6.63. The van der Waals surface area contributed by atoms with Crippen LogP contribution in [0.5, 0.6) is 0 Å². The van der Waals surface area contributed by atoms with Crippen LogP contribution in [0.25, 0.3) is 0 Å². The van der Waals surface area contributed by atoms with Gasteiger partial charge in [-0.05, 0) is 12.3 Å². The Hall–Kier alpha value is -2.34. The van der Waals surface area contributed by atoms with Crippen molar-refractivity contribution < 1.29 is 34.2 Å². The standard InChI is InChI=1S/C16H28N4O7S/c1-3-8(2)13(17)15(25)20-10(7-28)14(24)18-6-11(21)19-9(16(26)27)4-5-12(22)23/h8-10,13,28H,3-7,17H2,1-2H3,(H,18,24)(H,19,21)(H,20,25)(H,22,23)(H,26,27). The van der Waals surface area contributed by atoms with Crippen LogP contribution in [0.4, 0.5) is 0 Å². The number of hydrogen-bond donors (Lipinski definition) is 7. The topological polar surface area (TPSA) is 188 Å². The summed E-state index contributed by atoms with van der Waals surface area (Å²) < 4.78 is 0. The van der Waals surface area contributed by atoms with Crippen molar-refractivity contribution in [3.8, 4) is 0 Å². The van der Waals surface area contributed by atoms with Crippen molar-refractivity contribution in [2.45, 2.75) is 51.2 Å². The summed E-state index contributed by atoms with van der Waals surface area (Å²) in [5.41, 5.74) is 5.80. The van der Waals surface area contributed by atoms with Gasteiger partial charge in [-0.25, -0.2) is 4.79 Å². The summed E-state index contributed by atoms with van der Waals surface area (Å²) in [6.45, 7) is 3.13. The van der Waals surface area contributed by atoms with Gasteiger partial charge in [-0.2, -0.15) is 12.6 Å². The molecule has 0 saturated carbocycles. The van der Waals surface area contributed by atoms with E-state index in [1.54, 1.807) is 6.92 Å². The molecule has 28 heavy (non-hydrogen) atoms. The SMILES string of the molecule is CCC(C)C(N)C(=O)NC(CS)C(=O)NCC(=O)NC(CCC(=O)O)C(=O)O. The Balaban J connectivity index is 4.61. The highest BCUT2D eigenvalue weighted by Gasteiger charge is 2.26. The van der Waals surface area contributed by atoms with Crippen LogP contribution in [0, 0.1) is 5.92 Å². The minimum Gasteiger partial charge on any atom is -0.481 e. The lowest BCUT2D eigenvalue weighted by atomic mass is 9.99. The molecule has 0 saturated heterocycles. The van der Waals surface area contributed by atoms with E-state index in [4.69, 9.17) is 15.9 Å². The van der Waals surface area contributed by atoms with Gasteiger partial charge in [0.1, 0.15) is 12.1 Å². The summed E-state index contributed by atoms with van der Waals surface area (Å²) >= 11 is 4.00. The van der Waals surface area contributed by atoms with Crippen molar-refractivity contribution >= 4 is 42.3 Å². The third-order valence-corrected chi connectivity index (χ3v) is 4.44. The molecule has 7 N–H and O–H groups in total. The Morgan fingerprint density at radius 2 is 1.64 bits per heavy atom. The van der Waals surface area contributed by atoms with Crippen LogP contribution in [-0.2, 0) is 24.0 Å². The average molecular weight is 420 g/mol. The lowest BCUT2D eigenvalue weighted by Gasteiger charge is -2.22. The molecule has 0 aliphatic carbocycles. The molecular formula is C16H28N4O7S. The van der Waals surface area contributed by atoms with E-state index in [2.05, 4.69) is 28.6 Å². The molecule has 4 atom stereocenters. The molecule has 0 fully saturated rings. The normalized spacial score (nSPS) is 14.9. The van der Waals surface area contributed by atoms with E-state index in [9.17, 15) is 24.0 Å². The highest BCUT2D eigenvalue weighted by molar-refractivity contribution is 7.80. The molecule has 160 valence electrons. The first-order valence-corrected chi connectivity index (χ1v) is 9.35. The van der Waals surface area contributed by atoms with Gasteiger partial charge in [-0.1, -0.05) is 20.3 Å². The molecule has 0 aliphatic heterocycles. The molecule has 11 nitrogen and oxygen atoms in total. The molecule has 3 amide bonds. The lowest BCUT2D eigenvalue weighted by Crippen LogP contribution is -2.55. The third-order valence-electron chi connectivity index (χ3n) is 4.08. The minimum atomic E-state index is -1.39. The highest BCUT2D eigenvalue weighted by Crippen LogP contribution is 2.05. The molecule has 0 rings (SSSR count). The van der Waals surface area contributed by atoms with Crippen molar-refractivity contribution in [2.24, 2.45) is 11.7 Å². The van der Waals surface area contributed by atoms with Crippen LogP contribution in [-0.4, -0.2) is 70.3 Å². The van der Waals surface area contributed by atoms with Crippen molar-refractivity contribution in [1.29, 1.82) is 0 Å². The second kappa shape index (κ2) is 12.9. The van der Waals surface area contributed by atoms with E-state index in [0.29, 0.717) is 6.42 Å². The zero-order valence-corrected chi connectivity index (χ0v) is 16.7. The first-order chi connectivity index (χ1) is 13.0. The third kappa shape index (κ3) is 9.55. The number of rotatable bonds is 13. The fourth-order valence-electron chi connectivity index (χ4n) is 2.04. The van der Waals surface area contributed by atoms with Gasteiger partial charge in [0.15, 0.2) is 0 Å². The van der Waals surface area contributed by atoms with Crippen molar-refractivity contribution in [1.82, 2.24) is 16.0 Å². The Bertz CT molecular complexity index is 587. The van der Waals surface area contributed by atoms with E-state index in [1.165, 1.54) is 0 Å². The number of carbonyl (C=O) groups is 5. The van der Waals surface area contributed by atoms with Gasteiger partial charge in [0.05, 0.1) is 12.6 Å². The van der Waals surface area contributed by atoms with Gasteiger partial charge >= 0.3 is 11.9 Å². The molecule has 0 aromatic rings. The Labute approximate surface area is 168 Å². The number of carbonyl (C=O) groups excluding carboxylic acids is 3. The Kier molecular flexibility index (Phi) is 11.9. The number of amides is 3. The predicted molar refractivity (Wildman–Crippen MR) is 103 cm³/mol. The summed E-state index contributed by atoms with van der Waals surface area (Å²) in [7, 11) is 0. The Morgan fingerprint density at radius 1 is 1.04 bits per heavy atom. The molecule has 0 bridgehead atoms. The molecule has 0 spiro atoms.